The molecule has 0 aliphatic carbocycles. The number of carbonyl (C=O) groups excluding carboxylic acids is 1. The number of nitro benzene ring substituents is 1. The molecule has 134 valence electrons. The van der Waals surface area contributed by atoms with Crippen LogP contribution in [-0.4, -0.2) is 16.5 Å². The molecule has 0 unspecified atom stereocenters. The molecule has 0 fully saturated rings. The van der Waals surface area contributed by atoms with Crippen LogP contribution in [0.4, 0.5) is 5.69 Å². The molecule has 0 atom stereocenters. The van der Waals surface area contributed by atoms with Crippen LogP contribution < -0.4 is 5.43 Å². The summed E-state index contributed by atoms with van der Waals surface area (Å²) in [4.78, 5) is 22.7. The van der Waals surface area contributed by atoms with E-state index in [1.807, 2.05) is 54.6 Å². The number of benzene rings is 3. The highest BCUT2D eigenvalue weighted by atomic mass is 79.9. The zero-order chi connectivity index (χ0) is 19.2. The smallest absolute Gasteiger partial charge is 0.267 e. The summed E-state index contributed by atoms with van der Waals surface area (Å²) in [6.07, 6.45) is 0. The number of nitrogens with zero attached hydrogens (tertiary/aromatic N) is 2. The number of hydrogen-bond donors (Lipinski definition) is 1. The molecule has 0 spiro atoms. The SMILES string of the molecule is O=C(N/N=C(/c1ccccc1)c1ccc(Br)cc1)c1cccc([N+](=O)[O-])c1. The molecule has 0 aliphatic heterocycles. The molecule has 0 bridgehead atoms. The summed E-state index contributed by atoms with van der Waals surface area (Å²) in [7, 11) is 0. The number of hydrogen-bond acceptors (Lipinski definition) is 4. The number of amides is 1. The van der Waals surface area contributed by atoms with Gasteiger partial charge in [0.2, 0.25) is 0 Å². The van der Waals surface area contributed by atoms with Gasteiger partial charge in [0.1, 0.15) is 0 Å². The average molecular weight is 424 g/mol. The summed E-state index contributed by atoms with van der Waals surface area (Å²) in [5.74, 6) is -0.524. The Morgan fingerprint density at radius 3 is 2.19 bits per heavy atom. The van der Waals surface area contributed by atoms with Gasteiger partial charge in [0, 0.05) is 33.3 Å². The van der Waals surface area contributed by atoms with Gasteiger partial charge in [-0.25, -0.2) is 5.43 Å². The predicted octanol–water partition coefficient (Wildman–Crippen LogP) is 4.54. The van der Waals surface area contributed by atoms with E-state index in [1.54, 1.807) is 0 Å². The summed E-state index contributed by atoms with van der Waals surface area (Å²) in [5.41, 5.74) is 4.74. The van der Waals surface area contributed by atoms with Gasteiger partial charge in [0.25, 0.3) is 11.6 Å². The molecule has 0 aliphatic rings. The van der Waals surface area contributed by atoms with E-state index in [9.17, 15) is 14.9 Å². The van der Waals surface area contributed by atoms with Crippen LogP contribution in [-0.2, 0) is 0 Å². The number of hydrazone groups is 1. The number of nitro groups is 1. The molecular formula is C20H14BrN3O3. The van der Waals surface area contributed by atoms with Gasteiger partial charge in [-0.15, -0.1) is 0 Å². The van der Waals surface area contributed by atoms with Crippen molar-refractivity contribution in [2.75, 3.05) is 0 Å². The minimum atomic E-state index is -0.544. The third kappa shape index (κ3) is 4.65. The van der Waals surface area contributed by atoms with Crippen molar-refractivity contribution >= 4 is 33.2 Å². The highest BCUT2D eigenvalue weighted by molar-refractivity contribution is 9.10. The molecule has 1 amide bonds. The van der Waals surface area contributed by atoms with Gasteiger partial charge in [-0.2, -0.15) is 5.10 Å². The molecule has 0 aromatic heterocycles. The van der Waals surface area contributed by atoms with Gasteiger partial charge >= 0.3 is 0 Å². The van der Waals surface area contributed by atoms with E-state index in [-0.39, 0.29) is 11.3 Å². The van der Waals surface area contributed by atoms with E-state index in [0.29, 0.717) is 5.71 Å². The van der Waals surface area contributed by atoms with Gasteiger partial charge in [0.15, 0.2) is 0 Å². The molecule has 3 aromatic carbocycles. The fraction of sp³-hybridized carbons (Fsp3) is 0. The first-order valence-electron chi connectivity index (χ1n) is 7.98. The monoisotopic (exact) mass is 423 g/mol. The number of halogens is 1. The quantitative estimate of drug-likeness (QED) is 0.371. The molecule has 0 heterocycles. The van der Waals surface area contributed by atoms with Gasteiger partial charge in [0.05, 0.1) is 10.6 Å². The first-order chi connectivity index (χ1) is 13.0. The summed E-state index contributed by atoms with van der Waals surface area (Å²) < 4.78 is 0.930. The number of carbonyl (C=O) groups is 1. The van der Waals surface area contributed by atoms with Crippen LogP contribution in [0, 0.1) is 10.1 Å². The fourth-order valence-corrected chi connectivity index (χ4v) is 2.70. The van der Waals surface area contributed by atoms with Crippen molar-refractivity contribution in [2.24, 2.45) is 5.10 Å². The molecule has 3 rings (SSSR count). The van der Waals surface area contributed by atoms with Crippen molar-refractivity contribution < 1.29 is 9.72 Å². The minimum Gasteiger partial charge on any atom is -0.267 e. The van der Waals surface area contributed by atoms with Gasteiger partial charge in [-0.05, 0) is 18.2 Å². The molecule has 0 radical (unpaired) electrons. The lowest BCUT2D eigenvalue weighted by atomic mass is 10.0. The summed E-state index contributed by atoms with van der Waals surface area (Å²) >= 11 is 3.40. The second-order valence-electron chi connectivity index (χ2n) is 5.58. The standard InChI is InChI=1S/C20H14BrN3O3/c21-17-11-9-15(10-12-17)19(14-5-2-1-3-6-14)22-23-20(25)16-7-4-8-18(13-16)24(26)27/h1-13H,(H,23,25)/b22-19-. The van der Waals surface area contributed by atoms with Crippen LogP contribution >= 0.6 is 15.9 Å². The van der Waals surface area contributed by atoms with Gasteiger partial charge in [-0.3, -0.25) is 14.9 Å². The fourth-order valence-electron chi connectivity index (χ4n) is 2.43. The van der Waals surface area contributed by atoms with Crippen molar-refractivity contribution in [1.82, 2.24) is 5.43 Å². The normalized spacial score (nSPS) is 11.1. The zero-order valence-corrected chi connectivity index (χ0v) is 15.6. The first kappa shape index (κ1) is 18.5. The van der Waals surface area contributed by atoms with Crippen molar-refractivity contribution in [3.05, 3.63) is 110 Å². The molecular weight excluding hydrogens is 410 g/mol. The van der Waals surface area contributed by atoms with Crippen LogP contribution in [0.3, 0.4) is 0 Å². The largest absolute Gasteiger partial charge is 0.271 e. The number of non-ortho nitro benzene ring substituents is 1. The van der Waals surface area contributed by atoms with E-state index in [1.165, 1.54) is 24.3 Å². The highest BCUT2D eigenvalue weighted by Gasteiger charge is 2.12. The predicted molar refractivity (Wildman–Crippen MR) is 107 cm³/mol. The van der Waals surface area contributed by atoms with Gasteiger partial charge in [-0.1, -0.05) is 64.5 Å². The molecule has 0 saturated carbocycles. The highest BCUT2D eigenvalue weighted by Crippen LogP contribution is 2.16. The Bertz CT molecular complexity index is 1000. The second-order valence-corrected chi connectivity index (χ2v) is 6.50. The van der Waals surface area contributed by atoms with Crippen molar-refractivity contribution in [2.45, 2.75) is 0 Å². The van der Waals surface area contributed by atoms with E-state index < -0.39 is 10.8 Å². The topological polar surface area (TPSA) is 84.6 Å². The first-order valence-corrected chi connectivity index (χ1v) is 8.78. The van der Waals surface area contributed by atoms with E-state index in [4.69, 9.17) is 0 Å². The maximum Gasteiger partial charge on any atom is 0.271 e. The molecule has 7 heteroatoms. The molecule has 1 N–H and O–H groups in total. The Morgan fingerprint density at radius 2 is 1.52 bits per heavy atom. The lowest BCUT2D eigenvalue weighted by Crippen LogP contribution is -2.20. The average Bonchev–Trinajstić information content (AvgIpc) is 2.70. The van der Waals surface area contributed by atoms with Crippen LogP contribution in [0.25, 0.3) is 0 Å². The van der Waals surface area contributed by atoms with Crippen molar-refractivity contribution in [3.63, 3.8) is 0 Å². The van der Waals surface area contributed by atoms with Crippen molar-refractivity contribution in [3.8, 4) is 0 Å². The Hall–Kier alpha value is -3.32. The Balaban J connectivity index is 1.92. The van der Waals surface area contributed by atoms with Crippen LogP contribution in [0.15, 0.2) is 88.4 Å². The Morgan fingerprint density at radius 1 is 0.889 bits per heavy atom. The van der Waals surface area contributed by atoms with Crippen LogP contribution in [0.5, 0.6) is 0 Å². The minimum absolute atomic E-state index is 0.150. The maximum absolute atomic E-state index is 12.4. The maximum atomic E-state index is 12.4. The summed E-state index contributed by atoms with van der Waals surface area (Å²) in [6, 6.07) is 22.5. The molecule has 27 heavy (non-hydrogen) atoms. The van der Waals surface area contributed by atoms with E-state index in [0.717, 1.165) is 15.6 Å². The Kier molecular flexibility index (Phi) is 5.73. The molecule has 6 nitrogen and oxygen atoms in total. The third-order valence-electron chi connectivity index (χ3n) is 3.75. The molecule has 0 saturated heterocycles. The number of rotatable bonds is 5. The Labute approximate surface area is 163 Å². The van der Waals surface area contributed by atoms with E-state index >= 15 is 0 Å². The van der Waals surface area contributed by atoms with Gasteiger partial charge < -0.3 is 0 Å². The summed E-state index contributed by atoms with van der Waals surface area (Å²) in [6.45, 7) is 0. The second kappa shape index (κ2) is 8.37. The zero-order valence-electron chi connectivity index (χ0n) is 14.0. The lowest BCUT2D eigenvalue weighted by molar-refractivity contribution is -0.384. The lowest BCUT2D eigenvalue weighted by Gasteiger charge is -2.08. The summed E-state index contributed by atoms with van der Waals surface area (Å²) in [5, 5.41) is 15.2. The number of nitrogens with one attached hydrogen (secondary N) is 1. The van der Waals surface area contributed by atoms with E-state index in [2.05, 4.69) is 26.5 Å². The van der Waals surface area contributed by atoms with Crippen LogP contribution in [0.1, 0.15) is 21.5 Å². The molecule has 3 aromatic rings. The van der Waals surface area contributed by atoms with Crippen LogP contribution in [0.2, 0.25) is 0 Å². The third-order valence-corrected chi connectivity index (χ3v) is 4.28. The van der Waals surface area contributed by atoms with Crippen molar-refractivity contribution in [1.29, 1.82) is 0 Å².